The molecule has 2 N–H and O–H groups in total. The fraction of sp³-hybridized carbons (Fsp3) is 0.529. The van der Waals surface area contributed by atoms with Crippen molar-refractivity contribution >= 4 is 11.7 Å². The first-order valence-electron chi connectivity index (χ1n) is 8.06. The summed E-state index contributed by atoms with van der Waals surface area (Å²) in [6.45, 7) is 4.32. The molecule has 1 aromatic rings. The average molecular weight is 319 g/mol. The summed E-state index contributed by atoms with van der Waals surface area (Å²) in [7, 11) is 0. The number of para-hydroxylation sites is 1. The molecule has 1 aromatic carbocycles. The number of amides is 1. The van der Waals surface area contributed by atoms with E-state index >= 15 is 0 Å². The monoisotopic (exact) mass is 319 g/mol. The molecule has 1 fully saturated rings. The fourth-order valence-corrected chi connectivity index (χ4v) is 2.64. The highest BCUT2D eigenvalue weighted by molar-refractivity contribution is 5.82. The summed E-state index contributed by atoms with van der Waals surface area (Å²) in [6.07, 6.45) is 2.25. The molecule has 6 nitrogen and oxygen atoms in total. The lowest BCUT2D eigenvalue weighted by atomic mass is 10.3. The van der Waals surface area contributed by atoms with Gasteiger partial charge in [0.25, 0.3) is 0 Å². The zero-order valence-electron chi connectivity index (χ0n) is 13.6. The maximum atomic E-state index is 11.9. The number of ketones is 1. The molecule has 0 saturated carbocycles. The van der Waals surface area contributed by atoms with Crippen LogP contribution in [-0.2, 0) is 9.59 Å². The molecule has 1 amide bonds. The molecule has 1 aliphatic heterocycles. The van der Waals surface area contributed by atoms with Crippen molar-refractivity contribution in [1.29, 1.82) is 0 Å². The summed E-state index contributed by atoms with van der Waals surface area (Å²) in [5, 5.41) is 6.05. The Morgan fingerprint density at radius 3 is 2.57 bits per heavy atom. The van der Waals surface area contributed by atoms with Crippen molar-refractivity contribution in [2.24, 2.45) is 0 Å². The highest BCUT2D eigenvalue weighted by Crippen LogP contribution is 2.10. The van der Waals surface area contributed by atoms with Gasteiger partial charge in [-0.2, -0.15) is 0 Å². The molecule has 1 heterocycles. The summed E-state index contributed by atoms with van der Waals surface area (Å²) < 4.78 is 5.42. The molecule has 0 spiro atoms. The van der Waals surface area contributed by atoms with Crippen LogP contribution in [-0.4, -0.2) is 55.5 Å². The van der Waals surface area contributed by atoms with Gasteiger partial charge in [0.05, 0.1) is 12.7 Å². The molecule has 0 aliphatic carbocycles. The van der Waals surface area contributed by atoms with Crippen LogP contribution in [0.15, 0.2) is 30.3 Å². The molecule has 126 valence electrons. The summed E-state index contributed by atoms with van der Waals surface area (Å²) >= 11 is 0. The third-order valence-electron chi connectivity index (χ3n) is 3.75. The van der Waals surface area contributed by atoms with Gasteiger partial charge in [-0.05, 0) is 25.0 Å². The molecule has 0 aromatic heterocycles. The van der Waals surface area contributed by atoms with Crippen LogP contribution in [0.25, 0.3) is 0 Å². The SMILES string of the molecule is CC(=O)NC(CNCC(=O)COc1ccccc1)N1CCCC1. The highest BCUT2D eigenvalue weighted by Gasteiger charge is 2.22. The van der Waals surface area contributed by atoms with Gasteiger partial charge in [0.2, 0.25) is 5.91 Å². The first kappa shape index (κ1) is 17.4. The molecule has 2 rings (SSSR count). The maximum Gasteiger partial charge on any atom is 0.218 e. The van der Waals surface area contributed by atoms with Crippen LogP contribution in [0.5, 0.6) is 5.75 Å². The van der Waals surface area contributed by atoms with Crippen LogP contribution in [0.1, 0.15) is 19.8 Å². The van der Waals surface area contributed by atoms with E-state index < -0.39 is 0 Å². The fourth-order valence-electron chi connectivity index (χ4n) is 2.64. The number of hydrogen-bond donors (Lipinski definition) is 2. The van der Waals surface area contributed by atoms with Crippen molar-refractivity contribution in [3.05, 3.63) is 30.3 Å². The number of hydrogen-bond acceptors (Lipinski definition) is 5. The van der Waals surface area contributed by atoms with Crippen LogP contribution in [0, 0.1) is 0 Å². The van der Waals surface area contributed by atoms with E-state index in [-0.39, 0.29) is 31.0 Å². The Morgan fingerprint density at radius 1 is 1.22 bits per heavy atom. The minimum Gasteiger partial charge on any atom is -0.486 e. The highest BCUT2D eigenvalue weighted by atomic mass is 16.5. The maximum absolute atomic E-state index is 11.9. The summed E-state index contributed by atoms with van der Waals surface area (Å²) in [5.74, 6) is 0.619. The van der Waals surface area contributed by atoms with Crippen LogP contribution in [0.2, 0.25) is 0 Å². The third kappa shape index (κ3) is 6.38. The Morgan fingerprint density at radius 2 is 1.91 bits per heavy atom. The number of likely N-dealkylation sites (tertiary alicyclic amines) is 1. The first-order chi connectivity index (χ1) is 11.1. The number of Topliss-reactive ketones (excluding diaryl/α,β-unsaturated/α-hetero) is 1. The number of carbonyl (C=O) groups is 2. The number of rotatable bonds is 9. The van der Waals surface area contributed by atoms with Gasteiger partial charge in [-0.1, -0.05) is 18.2 Å². The van der Waals surface area contributed by atoms with Crippen molar-refractivity contribution in [3.63, 3.8) is 0 Å². The van der Waals surface area contributed by atoms with Gasteiger partial charge >= 0.3 is 0 Å². The first-order valence-corrected chi connectivity index (χ1v) is 8.06. The predicted molar refractivity (Wildman–Crippen MR) is 88.2 cm³/mol. The Balaban J connectivity index is 1.68. The van der Waals surface area contributed by atoms with E-state index in [1.165, 1.54) is 6.92 Å². The largest absolute Gasteiger partial charge is 0.486 e. The minimum absolute atomic E-state index is 0.0168. The molecular formula is C17H25N3O3. The zero-order chi connectivity index (χ0) is 16.5. The second-order valence-corrected chi connectivity index (χ2v) is 5.73. The van der Waals surface area contributed by atoms with Crippen molar-refractivity contribution in [2.45, 2.75) is 25.9 Å². The van der Waals surface area contributed by atoms with E-state index in [1.54, 1.807) is 0 Å². The molecule has 1 unspecified atom stereocenters. The van der Waals surface area contributed by atoms with Gasteiger partial charge in [-0.25, -0.2) is 0 Å². The van der Waals surface area contributed by atoms with E-state index in [4.69, 9.17) is 4.74 Å². The van der Waals surface area contributed by atoms with Crippen molar-refractivity contribution in [1.82, 2.24) is 15.5 Å². The van der Waals surface area contributed by atoms with Crippen molar-refractivity contribution < 1.29 is 14.3 Å². The molecule has 0 radical (unpaired) electrons. The Bertz CT molecular complexity index is 501. The lowest BCUT2D eigenvalue weighted by molar-refractivity contribution is -0.120. The number of ether oxygens (including phenoxy) is 1. The Kier molecular flexibility index (Phi) is 7.03. The second kappa shape index (κ2) is 9.27. The molecule has 23 heavy (non-hydrogen) atoms. The molecule has 1 aliphatic rings. The zero-order valence-corrected chi connectivity index (χ0v) is 13.6. The van der Waals surface area contributed by atoms with Gasteiger partial charge in [0, 0.05) is 26.6 Å². The number of benzene rings is 1. The summed E-state index contributed by atoms with van der Waals surface area (Å²) in [5.41, 5.74) is 0. The van der Waals surface area contributed by atoms with Crippen molar-refractivity contribution in [2.75, 3.05) is 32.8 Å². The van der Waals surface area contributed by atoms with Crippen LogP contribution in [0.4, 0.5) is 0 Å². The number of carbonyl (C=O) groups excluding carboxylic acids is 2. The van der Waals surface area contributed by atoms with E-state index in [1.807, 2.05) is 30.3 Å². The van der Waals surface area contributed by atoms with E-state index in [2.05, 4.69) is 15.5 Å². The van der Waals surface area contributed by atoms with Crippen LogP contribution >= 0.6 is 0 Å². The number of nitrogens with zero attached hydrogens (tertiary/aromatic N) is 1. The quantitative estimate of drug-likeness (QED) is 0.704. The smallest absolute Gasteiger partial charge is 0.218 e. The van der Waals surface area contributed by atoms with Crippen LogP contribution < -0.4 is 15.4 Å². The molecule has 1 atom stereocenters. The van der Waals surface area contributed by atoms with E-state index in [0.29, 0.717) is 12.3 Å². The van der Waals surface area contributed by atoms with Gasteiger partial charge in [-0.15, -0.1) is 0 Å². The van der Waals surface area contributed by atoms with E-state index in [0.717, 1.165) is 25.9 Å². The second-order valence-electron chi connectivity index (χ2n) is 5.73. The number of nitrogens with one attached hydrogen (secondary N) is 2. The summed E-state index contributed by atoms with van der Waals surface area (Å²) in [4.78, 5) is 25.4. The Labute approximate surface area is 137 Å². The average Bonchev–Trinajstić information content (AvgIpc) is 3.07. The lowest BCUT2D eigenvalue weighted by Crippen LogP contribution is -2.52. The van der Waals surface area contributed by atoms with Crippen LogP contribution in [0.3, 0.4) is 0 Å². The standard InChI is InChI=1S/C17H25N3O3/c1-14(21)19-17(20-9-5-6-10-20)12-18-11-15(22)13-23-16-7-3-2-4-8-16/h2-4,7-8,17-18H,5-6,9-13H2,1H3,(H,19,21). The predicted octanol–water partition coefficient (Wildman–Crippen LogP) is 0.782. The Hall–Kier alpha value is -1.92. The van der Waals surface area contributed by atoms with Gasteiger partial charge in [0.1, 0.15) is 12.4 Å². The van der Waals surface area contributed by atoms with E-state index in [9.17, 15) is 9.59 Å². The normalized spacial score (nSPS) is 16.0. The minimum atomic E-state index is -0.0576. The molecule has 0 bridgehead atoms. The molecule has 1 saturated heterocycles. The molecule has 6 heteroatoms. The third-order valence-corrected chi connectivity index (χ3v) is 3.75. The molecular weight excluding hydrogens is 294 g/mol. The van der Waals surface area contributed by atoms with Gasteiger partial charge in [0.15, 0.2) is 5.78 Å². The van der Waals surface area contributed by atoms with Crippen molar-refractivity contribution in [3.8, 4) is 5.75 Å². The van der Waals surface area contributed by atoms with Gasteiger partial charge < -0.3 is 15.4 Å². The topological polar surface area (TPSA) is 70.7 Å². The van der Waals surface area contributed by atoms with Gasteiger partial charge in [-0.3, -0.25) is 14.5 Å². The summed E-state index contributed by atoms with van der Waals surface area (Å²) in [6, 6.07) is 9.27. The lowest BCUT2D eigenvalue weighted by Gasteiger charge is -2.28.